The van der Waals surface area contributed by atoms with Crippen LogP contribution in [0.25, 0.3) is 0 Å². The number of sulfonamides is 2. The molecule has 228 valence electrons. The monoisotopic (exact) mass is 642 g/mol. The maximum atomic E-state index is 14.1. The van der Waals surface area contributed by atoms with Crippen LogP contribution in [0.5, 0.6) is 23.0 Å². The van der Waals surface area contributed by atoms with Crippen LogP contribution >= 0.6 is 0 Å². The molecule has 2 atom stereocenters. The van der Waals surface area contributed by atoms with Gasteiger partial charge >= 0.3 is 0 Å². The van der Waals surface area contributed by atoms with Gasteiger partial charge in [0.05, 0.1) is 57.8 Å². The molecule has 4 rings (SSSR count). The molecule has 1 heterocycles. The summed E-state index contributed by atoms with van der Waals surface area (Å²) in [7, 11) is -7.19. The second-order valence-electron chi connectivity index (χ2n) is 9.20. The molecule has 0 saturated carbocycles. The molecular formula is C26H30N2O11S3. The third kappa shape index (κ3) is 6.21. The number of anilines is 2. The number of nitrogens with one attached hydrogen (secondary N) is 1. The molecule has 0 bridgehead atoms. The van der Waals surface area contributed by atoms with Crippen LogP contribution in [0.1, 0.15) is 0 Å². The fourth-order valence-electron chi connectivity index (χ4n) is 4.52. The minimum absolute atomic E-state index is 0.0251. The van der Waals surface area contributed by atoms with Crippen LogP contribution in [0.2, 0.25) is 0 Å². The second kappa shape index (κ2) is 11.9. The predicted molar refractivity (Wildman–Crippen MR) is 154 cm³/mol. The summed E-state index contributed by atoms with van der Waals surface area (Å²) in [5.41, 5.74) is 0.0439. The number of sulfone groups is 1. The first-order valence-electron chi connectivity index (χ1n) is 12.3. The Morgan fingerprint density at radius 3 is 1.76 bits per heavy atom. The van der Waals surface area contributed by atoms with Gasteiger partial charge in [-0.25, -0.2) is 25.3 Å². The van der Waals surface area contributed by atoms with Crippen LogP contribution in [-0.4, -0.2) is 82.5 Å². The van der Waals surface area contributed by atoms with E-state index in [9.17, 15) is 30.4 Å². The molecule has 0 aromatic heterocycles. The third-order valence-electron chi connectivity index (χ3n) is 6.54. The minimum atomic E-state index is -4.57. The van der Waals surface area contributed by atoms with E-state index in [1.807, 2.05) is 0 Å². The van der Waals surface area contributed by atoms with Crippen molar-refractivity contribution in [1.29, 1.82) is 0 Å². The number of benzene rings is 3. The summed E-state index contributed by atoms with van der Waals surface area (Å²) in [6.07, 6.45) is -1.53. The van der Waals surface area contributed by atoms with Gasteiger partial charge in [-0.15, -0.1) is 0 Å². The summed E-state index contributed by atoms with van der Waals surface area (Å²) in [4.78, 5) is -0.516. The zero-order chi connectivity index (χ0) is 30.9. The molecule has 3 aromatic rings. The lowest BCUT2D eigenvalue weighted by Gasteiger charge is -2.32. The fourth-order valence-corrected chi connectivity index (χ4v) is 9.48. The molecule has 0 radical (unpaired) electrons. The summed E-state index contributed by atoms with van der Waals surface area (Å²) in [6.45, 7) is 0. The molecule has 13 nitrogen and oxygen atoms in total. The molecule has 0 unspecified atom stereocenters. The van der Waals surface area contributed by atoms with Crippen LogP contribution in [0.15, 0.2) is 70.5 Å². The zero-order valence-corrected chi connectivity index (χ0v) is 25.5. The lowest BCUT2D eigenvalue weighted by atomic mass is 10.2. The second-order valence-corrected chi connectivity index (χ2v) is 14.8. The van der Waals surface area contributed by atoms with Crippen molar-refractivity contribution < 1.29 is 49.3 Å². The van der Waals surface area contributed by atoms with Crippen LogP contribution in [-0.2, 0) is 29.9 Å². The largest absolute Gasteiger partial charge is 0.497 e. The van der Waals surface area contributed by atoms with Gasteiger partial charge < -0.3 is 24.1 Å². The van der Waals surface area contributed by atoms with E-state index in [4.69, 9.17) is 18.9 Å². The topological polar surface area (TPSA) is 175 Å². The van der Waals surface area contributed by atoms with E-state index in [0.29, 0.717) is 0 Å². The number of ether oxygens (including phenoxy) is 4. The molecule has 16 heteroatoms. The molecule has 0 amide bonds. The first kappa shape index (κ1) is 31.2. The highest BCUT2D eigenvalue weighted by molar-refractivity contribution is 7.93. The number of nitrogens with zero attached hydrogens (tertiary/aromatic N) is 1. The summed E-state index contributed by atoms with van der Waals surface area (Å²) in [6, 6.07) is 12.2. The van der Waals surface area contributed by atoms with E-state index in [0.717, 1.165) is 4.31 Å². The van der Waals surface area contributed by atoms with Gasteiger partial charge in [-0.1, -0.05) is 0 Å². The molecule has 1 aliphatic heterocycles. The van der Waals surface area contributed by atoms with Crippen LogP contribution in [0.3, 0.4) is 0 Å². The maximum absolute atomic E-state index is 14.1. The van der Waals surface area contributed by atoms with Crippen LogP contribution < -0.4 is 28.0 Å². The lowest BCUT2D eigenvalue weighted by molar-refractivity contribution is 0.184. The molecule has 1 saturated heterocycles. The Bertz CT molecular complexity index is 1780. The van der Waals surface area contributed by atoms with Crippen molar-refractivity contribution in [2.45, 2.75) is 21.9 Å². The Morgan fingerprint density at radius 1 is 0.762 bits per heavy atom. The number of methoxy groups -OCH3 is 4. The van der Waals surface area contributed by atoms with E-state index >= 15 is 0 Å². The molecule has 0 spiro atoms. The first-order valence-corrected chi connectivity index (χ1v) is 17.0. The van der Waals surface area contributed by atoms with Gasteiger partial charge in [-0.05, 0) is 48.5 Å². The first-order chi connectivity index (χ1) is 19.8. The molecule has 1 fully saturated rings. The van der Waals surface area contributed by atoms with Crippen molar-refractivity contribution in [1.82, 2.24) is 0 Å². The molecule has 1 aliphatic rings. The summed E-state index contributed by atoms with van der Waals surface area (Å²) >= 11 is 0. The average molecular weight is 643 g/mol. The third-order valence-corrected chi connectivity index (χ3v) is 11.5. The van der Waals surface area contributed by atoms with Gasteiger partial charge in [0.15, 0.2) is 9.84 Å². The molecule has 3 aromatic carbocycles. The smallest absolute Gasteiger partial charge is 0.268 e. The molecule has 0 aliphatic carbocycles. The normalized spacial score (nSPS) is 18.2. The average Bonchev–Trinajstić information content (AvgIpc) is 3.23. The molecule has 42 heavy (non-hydrogen) atoms. The van der Waals surface area contributed by atoms with Crippen LogP contribution in [0.4, 0.5) is 11.4 Å². The van der Waals surface area contributed by atoms with Crippen molar-refractivity contribution >= 4 is 41.3 Å². The Morgan fingerprint density at radius 2 is 1.29 bits per heavy atom. The van der Waals surface area contributed by atoms with Crippen molar-refractivity contribution in [2.75, 3.05) is 49.0 Å². The van der Waals surface area contributed by atoms with Gasteiger partial charge in [-0.2, -0.15) is 0 Å². The predicted octanol–water partition coefficient (Wildman–Crippen LogP) is 1.87. The maximum Gasteiger partial charge on any atom is 0.268 e. The molecule has 2 N–H and O–H groups in total. The Hall–Kier alpha value is -3.73. The fraction of sp³-hybridized carbons (Fsp3) is 0.308. The Labute approximate surface area is 244 Å². The van der Waals surface area contributed by atoms with Gasteiger partial charge in [-0.3, -0.25) is 9.03 Å². The SMILES string of the molecule is COc1ccc(OC)c(S(=O)(=O)Nc2ccc(N([C@@H]3CS(=O)(=O)C[C@H]3O)S(=O)(=O)c3cc(OC)ccc3OC)cc2)c1. The highest BCUT2D eigenvalue weighted by atomic mass is 32.2. The molecular weight excluding hydrogens is 612 g/mol. The highest BCUT2D eigenvalue weighted by Gasteiger charge is 2.45. The highest BCUT2D eigenvalue weighted by Crippen LogP contribution is 2.37. The van der Waals surface area contributed by atoms with Gasteiger partial charge in [0, 0.05) is 17.8 Å². The Kier molecular flexibility index (Phi) is 8.82. The van der Waals surface area contributed by atoms with Gasteiger partial charge in [0.25, 0.3) is 20.0 Å². The van der Waals surface area contributed by atoms with Crippen molar-refractivity contribution in [2.24, 2.45) is 0 Å². The summed E-state index contributed by atoms with van der Waals surface area (Å²) < 4.78 is 103. The van der Waals surface area contributed by atoms with Crippen molar-refractivity contribution in [3.8, 4) is 23.0 Å². The quantitative estimate of drug-likeness (QED) is 0.312. The van der Waals surface area contributed by atoms with Gasteiger partial charge in [0.1, 0.15) is 32.8 Å². The number of aliphatic hydroxyl groups is 1. The van der Waals surface area contributed by atoms with E-state index in [-0.39, 0.29) is 44.2 Å². The van der Waals surface area contributed by atoms with Crippen molar-refractivity contribution in [3.63, 3.8) is 0 Å². The zero-order valence-electron chi connectivity index (χ0n) is 23.0. The van der Waals surface area contributed by atoms with Crippen molar-refractivity contribution in [3.05, 3.63) is 60.7 Å². The number of aliphatic hydroxyl groups excluding tert-OH is 1. The van der Waals surface area contributed by atoms with Crippen LogP contribution in [0, 0.1) is 0 Å². The van der Waals surface area contributed by atoms with E-state index in [1.165, 1.54) is 89.1 Å². The lowest BCUT2D eigenvalue weighted by Crippen LogP contribution is -2.47. The Balaban J connectivity index is 1.77. The van der Waals surface area contributed by atoms with E-state index in [2.05, 4.69) is 4.72 Å². The summed E-state index contributed by atoms with van der Waals surface area (Å²) in [5.74, 6) is -0.742. The van der Waals surface area contributed by atoms with Gasteiger partial charge in [0.2, 0.25) is 0 Å². The summed E-state index contributed by atoms with van der Waals surface area (Å²) in [5, 5.41) is 10.7. The number of hydrogen-bond donors (Lipinski definition) is 2. The minimum Gasteiger partial charge on any atom is -0.497 e. The standard InChI is InChI=1S/C26H30N2O11S3/c1-36-19-9-11-23(38-3)25(13-19)41(32,33)27-17-5-7-18(8-6-17)28(21-15-40(30,31)16-22(21)29)42(34,35)26-14-20(37-2)10-12-24(26)39-4/h5-14,21-22,27,29H,15-16H2,1-4H3/t21-,22-/m1/s1. The van der Waals surface area contributed by atoms with E-state index < -0.39 is 53.5 Å². The number of rotatable bonds is 11. The number of hydrogen-bond acceptors (Lipinski definition) is 11. The van der Waals surface area contributed by atoms with E-state index in [1.54, 1.807) is 0 Å².